The smallest absolute Gasteiger partial charge is 0.337 e. The zero-order chi connectivity index (χ0) is 29.9. The fourth-order valence-corrected chi connectivity index (χ4v) is 4.31. The number of methoxy groups -OCH3 is 2. The van der Waals surface area contributed by atoms with E-state index < -0.39 is 24.3 Å². The Morgan fingerprint density at radius 3 is 2.61 bits per heavy atom. The largest absolute Gasteiger partial charge is 0.493 e. The lowest BCUT2D eigenvalue weighted by Crippen LogP contribution is -2.45. The van der Waals surface area contributed by atoms with Crippen molar-refractivity contribution in [2.45, 2.75) is 26.1 Å². The molecule has 41 heavy (non-hydrogen) atoms. The van der Waals surface area contributed by atoms with Crippen LogP contribution in [0, 0.1) is 0 Å². The second-order valence-electron chi connectivity index (χ2n) is 8.54. The number of rotatable bonds is 14. The zero-order valence-corrected chi connectivity index (χ0v) is 24.7. The molecule has 1 heterocycles. The van der Waals surface area contributed by atoms with E-state index in [0.29, 0.717) is 57.5 Å². The minimum Gasteiger partial charge on any atom is -0.493 e. The first kappa shape index (κ1) is 31.3. The number of ether oxygens (including phenoxy) is 5. The molecule has 0 saturated carbocycles. The van der Waals surface area contributed by atoms with Crippen molar-refractivity contribution in [2.24, 2.45) is 5.10 Å². The van der Waals surface area contributed by atoms with Crippen LogP contribution < -0.4 is 35.0 Å². The number of carbonyl (C=O) groups is 2. The van der Waals surface area contributed by atoms with E-state index in [4.69, 9.17) is 23.7 Å². The van der Waals surface area contributed by atoms with Crippen LogP contribution in [0.3, 0.4) is 0 Å². The van der Waals surface area contributed by atoms with Gasteiger partial charge in [0.1, 0.15) is 13.2 Å². The minimum atomic E-state index is -1.16. The van der Waals surface area contributed by atoms with E-state index in [1.165, 1.54) is 20.4 Å². The van der Waals surface area contributed by atoms with E-state index in [9.17, 15) is 14.7 Å². The molecule has 0 radical (unpaired) electrons. The standard InChI is InChI=1S/C28H33BrN4O8/c1-6-10-40-23-13-19(29)18(12-21(23)37-4)14-30-33-24(34)15-41-20-9-8-17(11-22(20)39-7-2)26-25(27(35)38-5)16(3)31-28(36)32-26/h6,8-9,11-14,24,26,33-34H,1,7,10,15H2,2-5H3,(H2,31,32,36)/b30-14-/t24-,26+/m1/s1. The van der Waals surface area contributed by atoms with E-state index in [1.807, 2.05) is 6.92 Å². The Hall–Kier alpha value is -4.23. The van der Waals surface area contributed by atoms with Crippen molar-refractivity contribution >= 4 is 34.1 Å². The molecule has 2 amide bonds. The molecule has 0 aliphatic carbocycles. The average Bonchev–Trinajstić information content (AvgIpc) is 2.95. The first-order valence-electron chi connectivity index (χ1n) is 12.6. The maximum absolute atomic E-state index is 12.4. The summed E-state index contributed by atoms with van der Waals surface area (Å²) < 4.78 is 28.1. The Bertz CT molecular complexity index is 1330. The van der Waals surface area contributed by atoms with E-state index in [2.05, 4.69) is 43.7 Å². The third-order valence-corrected chi connectivity index (χ3v) is 6.43. The topological polar surface area (TPSA) is 149 Å². The second-order valence-corrected chi connectivity index (χ2v) is 9.39. The Morgan fingerprint density at radius 2 is 1.93 bits per heavy atom. The molecule has 0 spiro atoms. The van der Waals surface area contributed by atoms with Gasteiger partial charge < -0.3 is 39.4 Å². The maximum atomic E-state index is 12.4. The van der Waals surface area contributed by atoms with Gasteiger partial charge in [-0.05, 0) is 59.6 Å². The minimum absolute atomic E-state index is 0.161. The third kappa shape index (κ3) is 8.14. The third-order valence-electron chi connectivity index (χ3n) is 5.74. The Balaban J connectivity index is 1.69. The molecule has 3 rings (SSSR count). The van der Waals surface area contributed by atoms with Crippen LogP contribution in [0.4, 0.5) is 4.79 Å². The summed E-state index contributed by atoms with van der Waals surface area (Å²) in [6.07, 6.45) is 1.99. The number of esters is 1. The van der Waals surface area contributed by atoms with Crippen molar-refractivity contribution in [2.75, 3.05) is 34.0 Å². The normalized spacial score (nSPS) is 15.5. The summed E-state index contributed by atoms with van der Waals surface area (Å²) in [4.78, 5) is 24.5. The molecule has 1 aliphatic heterocycles. The molecule has 13 heteroatoms. The van der Waals surface area contributed by atoms with Gasteiger partial charge in [-0.25, -0.2) is 9.59 Å². The van der Waals surface area contributed by atoms with Gasteiger partial charge in [-0.3, -0.25) is 5.43 Å². The number of hydrazone groups is 1. The van der Waals surface area contributed by atoms with Gasteiger partial charge in [-0.15, -0.1) is 0 Å². The van der Waals surface area contributed by atoms with Gasteiger partial charge in [-0.1, -0.05) is 18.7 Å². The summed E-state index contributed by atoms with van der Waals surface area (Å²) >= 11 is 3.47. The molecule has 1 aliphatic rings. The molecular weight excluding hydrogens is 600 g/mol. The van der Waals surface area contributed by atoms with Crippen molar-refractivity contribution in [3.8, 4) is 23.0 Å². The molecule has 220 valence electrons. The summed E-state index contributed by atoms with van der Waals surface area (Å²) in [5, 5.41) is 19.8. The van der Waals surface area contributed by atoms with Crippen LogP contribution >= 0.6 is 15.9 Å². The predicted molar refractivity (Wildman–Crippen MR) is 155 cm³/mol. The fourth-order valence-electron chi connectivity index (χ4n) is 3.89. The van der Waals surface area contributed by atoms with Crippen molar-refractivity contribution in [1.82, 2.24) is 16.1 Å². The molecule has 0 saturated heterocycles. The first-order valence-corrected chi connectivity index (χ1v) is 13.4. The number of halogens is 1. The van der Waals surface area contributed by atoms with Crippen LogP contribution in [0.25, 0.3) is 0 Å². The number of carbonyl (C=O) groups excluding carboxylic acids is 2. The number of nitrogens with zero attached hydrogens (tertiary/aromatic N) is 1. The highest BCUT2D eigenvalue weighted by molar-refractivity contribution is 9.10. The molecule has 0 bridgehead atoms. The highest BCUT2D eigenvalue weighted by atomic mass is 79.9. The lowest BCUT2D eigenvalue weighted by Gasteiger charge is -2.28. The van der Waals surface area contributed by atoms with Crippen LogP contribution in [-0.2, 0) is 9.53 Å². The highest BCUT2D eigenvalue weighted by Crippen LogP contribution is 2.35. The van der Waals surface area contributed by atoms with E-state index in [-0.39, 0.29) is 12.2 Å². The second kappa shape index (κ2) is 15.0. The first-order chi connectivity index (χ1) is 19.7. The van der Waals surface area contributed by atoms with Crippen molar-refractivity contribution in [1.29, 1.82) is 0 Å². The number of urea groups is 1. The zero-order valence-electron chi connectivity index (χ0n) is 23.2. The van der Waals surface area contributed by atoms with Crippen LogP contribution in [0.1, 0.15) is 31.0 Å². The van der Waals surface area contributed by atoms with Gasteiger partial charge in [0.05, 0.1) is 38.7 Å². The molecule has 0 unspecified atom stereocenters. The number of aliphatic hydroxyl groups is 1. The molecule has 0 aromatic heterocycles. The van der Waals surface area contributed by atoms with Gasteiger partial charge in [-0.2, -0.15) is 5.10 Å². The van der Waals surface area contributed by atoms with Crippen LogP contribution in [-0.4, -0.2) is 63.6 Å². The maximum Gasteiger partial charge on any atom is 0.337 e. The highest BCUT2D eigenvalue weighted by Gasteiger charge is 2.32. The number of aliphatic hydroxyl groups excluding tert-OH is 1. The average molecular weight is 633 g/mol. The van der Waals surface area contributed by atoms with Crippen molar-refractivity contribution < 1.29 is 38.4 Å². The van der Waals surface area contributed by atoms with Crippen LogP contribution in [0.2, 0.25) is 0 Å². The summed E-state index contributed by atoms with van der Waals surface area (Å²) in [6, 6.07) is 7.27. The summed E-state index contributed by atoms with van der Waals surface area (Å²) in [6.45, 7) is 7.57. The van der Waals surface area contributed by atoms with Gasteiger partial charge >= 0.3 is 12.0 Å². The molecule has 2 aromatic carbocycles. The molecule has 2 aromatic rings. The number of hydrogen-bond donors (Lipinski definition) is 4. The monoisotopic (exact) mass is 632 g/mol. The van der Waals surface area contributed by atoms with Gasteiger partial charge in [0.15, 0.2) is 29.2 Å². The van der Waals surface area contributed by atoms with Crippen LogP contribution in [0.5, 0.6) is 23.0 Å². The Labute approximate surface area is 246 Å². The number of nitrogens with one attached hydrogen (secondary N) is 3. The van der Waals surface area contributed by atoms with E-state index in [0.717, 1.165) is 0 Å². The Morgan fingerprint density at radius 1 is 1.17 bits per heavy atom. The number of allylic oxidation sites excluding steroid dienone is 1. The summed E-state index contributed by atoms with van der Waals surface area (Å²) in [7, 11) is 2.81. The number of amides is 2. The van der Waals surface area contributed by atoms with E-state index >= 15 is 0 Å². The van der Waals surface area contributed by atoms with E-state index in [1.54, 1.807) is 43.3 Å². The molecular formula is C28H33BrN4O8. The lowest BCUT2D eigenvalue weighted by atomic mass is 9.95. The van der Waals surface area contributed by atoms with Crippen molar-refractivity contribution in [3.05, 3.63) is 69.9 Å². The van der Waals surface area contributed by atoms with Gasteiger partial charge in [0.25, 0.3) is 0 Å². The fraction of sp³-hybridized carbons (Fsp3) is 0.321. The molecule has 0 fully saturated rings. The van der Waals surface area contributed by atoms with Crippen molar-refractivity contribution in [3.63, 3.8) is 0 Å². The molecule has 2 atom stereocenters. The Kier molecular flexibility index (Phi) is 11.4. The molecule has 4 N–H and O–H groups in total. The molecule has 12 nitrogen and oxygen atoms in total. The number of hydrogen-bond acceptors (Lipinski definition) is 10. The van der Waals surface area contributed by atoms with Crippen LogP contribution in [0.15, 0.2) is 63.8 Å². The van der Waals surface area contributed by atoms with Gasteiger partial charge in [0, 0.05) is 15.7 Å². The summed E-state index contributed by atoms with van der Waals surface area (Å²) in [5.74, 6) is 1.20. The number of benzene rings is 2. The SMILES string of the molecule is C=CCOc1cc(Br)c(/C=N\N[C@H](O)COc2ccc([C@@H]3NC(=O)NC(C)=C3C(=O)OC)cc2OCC)cc1OC. The quantitative estimate of drug-likeness (QED) is 0.0806. The predicted octanol–water partition coefficient (Wildman–Crippen LogP) is 3.54. The lowest BCUT2D eigenvalue weighted by molar-refractivity contribution is -0.136. The summed E-state index contributed by atoms with van der Waals surface area (Å²) in [5.41, 5.74) is 4.53. The van der Waals surface area contributed by atoms with Gasteiger partial charge in [0.2, 0.25) is 0 Å².